The maximum Gasteiger partial charge on any atom is 0.326 e. The first-order chi connectivity index (χ1) is 14.4. The minimum atomic E-state index is -1.07. The van der Waals surface area contributed by atoms with Gasteiger partial charge in [-0.05, 0) is 25.5 Å². The number of carbonyl (C=O) groups is 2. The molecule has 0 saturated carbocycles. The molecule has 2 heterocycles. The largest absolute Gasteiger partial charge is 0.480 e. The number of carboxylic acids is 1. The lowest BCUT2D eigenvalue weighted by Crippen LogP contribution is -2.42. The summed E-state index contributed by atoms with van der Waals surface area (Å²) in [4.78, 5) is 32.8. The SMILES string of the molecule is Cc1ccc(-c2nc(C)c(C(=O)NC(Cc3c[nH]c4ccccc34)C(=O)O)s2)cc1. The summed E-state index contributed by atoms with van der Waals surface area (Å²) in [6, 6.07) is 14.6. The minimum absolute atomic E-state index is 0.188. The fraction of sp³-hybridized carbons (Fsp3) is 0.174. The molecular weight excluding hydrogens is 398 g/mol. The summed E-state index contributed by atoms with van der Waals surface area (Å²) in [7, 11) is 0. The Morgan fingerprint density at radius 1 is 1.13 bits per heavy atom. The van der Waals surface area contributed by atoms with Crippen LogP contribution >= 0.6 is 11.3 Å². The lowest BCUT2D eigenvalue weighted by Gasteiger charge is -2.13. The molecule has 2 aromatic heterocycles. The number of nitrogens with one attached hydrogen (secondary N) is 2. The first-order valence-electron chi connectivity index (χ1n) is 9.55. The molecule has 0 aliphatic heterocycles. The molecule has 0 fully saturated rings. The van der Waals surface area contributed by atoms with Gasteiger partial charge >= 0.3 is 5.97 Å². The first kappa shape index (κ1) is 19.8. The van der Waals surface area contributed by atoms with Gasteiger partial charge in [0.05, 0.1) is 5.69 Å². The van der Waals surface area contributed by atoms with E-state index in [1.165, 1.54) is 11.3 Å². The number of hydrogen-bond acceptors (Lipinski definition) is 4. The number of nitrogens with zero attached hydrogens (tertiary/aromatic N) is 1. The van der Waals surface area contributed by atoms with Crippen LogP contribution in [0.3, 0.4) is 0 Å². The smallest absolute Gasteiger partial charge is 0.326 e. The number of aromatic nitrogens is 2. The lowest BCUT2D eigenvalue weighted by atomic mass is 10.0. The molecule has 0 spiro atoms. The molecular formula is C23H21N3O3S. The molecule has 1 amide bonds. The van der Waals surface area contributed by atoms with Crippen LogP contribution in [0.5, 0.6) is 0 Å². The van der Waals surface area contributed by atoms with Crippen molar-refractivity contribution >= 4 is 34.1 Å². The molecule has 1 unspecified atom stereocenters. The zero-order chi connectivity index (χ0) is 21.3. The summed E-state index contributed by atoms with van der Waals surface area (Å²) in [6.45, 7) is 3.77. The summed E-state index contributed by atoms with van der Waals surface area (Å²) in [5.41, 5.74) is 4.45. The highest BCUT2D eigenvalue weighted by molar-refractivity contribution is 7.17. The Kier molecular flexibility index (Phi) is 5.37. The highest BCUT2D eigenvalue weighted by Gasteiger charge is 2.25. The third kappa shape index (κ3) is 3.97. The van der Waals surface area contributed by atoms with Gasteiger partial charge in [0.15, 0.2) is 0 Å². The first-order valence-corrected chi connectivity index (χ1v) is 10.4. The predicted octanol–water partition coefficient (Wildman–Crippen LogP) is 4.33. The van der Waals surface area contributed by atoms with Crippen LogP contribution in [0.1, 0.15) is 26.5 Å². The van der Waals surface area contributed by atoms with Crippen molar-refractivity contribution < 1.29 is 14.7 Å². The summed E-state index contributed by atoms with van der Waals surface area (Å²) in [6.07, 6.45) is 1.98. The van der Waals surface area contributed by atoms with Crippen molar-refractivity contribution in [1.29, 1.82) is 0 Å². The number of carboxylic acid groups (broad SMARTS) is 1. The Morgan fingerprint density at radius 3 is 2.60 bits per heavy atom. The fourth-order valence-corrected chi connectivity index (χ4v) is 4.35. The summed E-state index contributed by atoms with van der Waals surface area (Å²) in [5.74, 6) is -1.50. The van der Waals surface area contributed by atoms with Crippen LogP contribution in [-0.2, 0) is 11.2 Å². The fourth-order valence-electron chi connectivity index (χ4n) is 3.37. The van der Waals surface area contributed by atoms with Crippen LogP contribution in [0.25, 0.3) is 21.5 Å². The number of para-hydroxylation sites is 1. The van der Waals surface area contributed by atoms with E-state index < -0.39 is 17.9 Å². The average molecular weight is 420 g/mol. The summed E-state index contributed by atoms with van der Waals surface area (Å²) in [5, 5.41) is 14.0. The lowest BCUT2D eigenvalue weighted by molar-refractivity contribution is -0.139. The zero-order valence-corrected chi connectivity index (χ0v) is 17.4. The second-order valence-electron chi connectivity index (χ2n) is 7.23. The molecule has 4 rings (SSSR count). The van der Waals surface area contributed by atoms with Gasteiger partial charge in [0.25, 0.3) is 5.91 Å². The highest BCUT2D eigenvalue weighted by atomic mass is 32.1. The van der Waals surface area contributed by atoms with Gasteiger partial charge in [0, 0.05) is 29.1 Å². The highest BCUT2D eigenvalue weighted by Crippen LogP contribution is 2.28. The predicted molar refractivity (Wildman–Crippen MR) is 118 cm³/mol. The Balaban J connectivity index is 1.55. The van der Waals surface area contributed by atoms with E-state index in [-0.39, 0.29) is 6.42 Å². The molecule has 30 heavy (non-hydrogen) atoms. The molecule has 152 valence electrons. The minimum Gasteiger partial charge on any atom is -0.480 e. The van der Waals surface area contributed by atoms with Crippen molar-refractivity contribution in [3.05, 3.63) is 76.4 Å². The van der Waals surface area contributed by atoms with Crippen LogP contribution in [0.2, 0.25) is 0 Å². The van der Waals surface area contributed by atoms with E-state index in [2.05, 4.69) is 15.3 Å². The van der Waals surface area contributed by atoms with E-state index in [0.29, 0.717) is 10.6 Å². The maximum atomic E-state index is 12.9. The third-order valence-corrected chi connectivity index (χ3v) is 6.21. The zero-order valence-electron chi connectivity index (χ0n) is 16.6. The van der Waals surface area contributed by atoms with Gasteiger partial charge in [-0.3, -0.25) is 4.79 Å². The van der Waals surface area contributed by atoms with Crippen LogP contribution < -0.4 is 5.32 Å². The molecule has 0 aliphatic carbocycles. The standard InChI is InChI=1S/C23H21N3O3S/c1-13-7-9-15(10-8-13)22-25-14(2)20(30-22)21(27)26-19(23(28)29)11-16-12-24-18-6-4-3-5-17(16)18/h3-10,12,19,24H,11H2,1-2H3,(H,26,27)(H,28,29). The molecule has 6 nitrogen and oxygen atoms in total. The molecule has 0 radical (unpaired) electrons. The van der Waals surface area contributed by atoms with Crippen LogP contribution in [0.4, 0.5) is 0 Å². The second kappa shape index (κ2) is 8.12. The van der Waals surface area contributed by atoms with Crippen LogP contribution in [0, 0.1) is 13.8 Å². The maximum absolute atomic E-state index is 12.9. The van der Waals surface area contributed by atoms with Crippen molar-refractivity contribution in [2.45, 2.75) is 26.3 Å². The van der Waals surface area contributed by atoms with Crippen molar-refractivity contribution in [3.63, 3.8) is 0 Å². The van der Waals surface area contributed by atoms with Crippen molar-refractivity contribution in [2.75, 3.05) is 0 Å². The monoisotopic (exact) mass is 419 g/mol. The Hall–Kier alpha value is -3.45. The van der Waals surface area contributed by atoms with Crippen LogP contribution in [0.15, 0.2) is 54.7 Å². The molecule has 3 N–H and O–H groups in total. The molecule has 1 atom stereocenters. The number of aliphatic carboxylic acids is 1. The van der Waals surface area contributed by atoms with Gasteiger partial charge in [-0.1, -0.05) is 48.0 Å². The Bertz CT molecular complexity index is 1220. The number of aryl methyl sites for hydroxylation is 2. The van der Waals surface area contributed by atoms with Crippen molar-refractivity contribution in [2.24, 2.45) is 0 Å². The Morgan fingerprint density at radius 2 is 1.87 bits per heavy atom. The van der Waals surface area contributed by atoms with Gasteiger partial charge in [-0.25, -0.2) is 9.78 Å². The molecule has 4 aromatic rings. The number of hydrogen-bond donors (Lipinski definition) is 3. The number of H-pyrrole nitrogens is 1. The topological polar surface area (TPSA) is 95.1 Å². The normalized spacial score (nSPS) is 12.1. The van der Waals surface area contributed by atoms with Gasteiger partial charge in [0.2, 0.25) is 0 Å². The van der Waals surface area contributed by atoms with Gasteiger partial charge < -0.3 is 15.4 Å². The van der Waals surface area contributed by atoms with Crippen LogP contribution in [-0.4, -0.2) is 33.0 Å². The molecule has 0 saturated heterocycles. The van der Waals surface area contributed by atoms with Gasteiger partial charge in [-0.2, -0.15) is 0 Å². The molecule has 0 aliphatic rings. The van der Waals surface area contributed by atoms with Gasteiger partial charge in [0.1, 0.15) is 15.9 Å². The number of aromatic amines is 1. The van der Waals surface area contributed by atoms with Gasteiger partial charge in [-0.15, -0.1) is 11.3 Å². The van der Waals surface area contributed by atoms with Crippen molar-refractivity contribution in [1.82, 2.24) is 15.3 Å². The van der Waals surface area contributed by atoms with E-state index in [0.717, 1.165) is 32.6 Å². The Labute approximate surface area is 177 Å². The number of amides is 1. The number of fused-ring (bicyclic) bond motifs is 1. The van der Waals surface area contributed by atoms with E-state index >= 15 is 0 Å². The second-order valence-corrected chi connectivity index (χ2v) is 8.23. The van der Waals surface area contributed by atoms with E-state index in [1.807, 2.05) is 55.5 Å². The quantitative estimate of drug-likeness (QED) is 0.433. The molecule has 7 heteroatoms. The summed E-state index contributed by atoms with van der Waals surface area (Å²) < 4.78 is 0. The molecule has 2 aromatic carbocycles. The average Bonchev–Trinajstić information content (AvgIpc) is 3.32. The number of rotatable bonds is 6. The number of thiazole rings is 1. The van der Waals surface area contributed by atoms with E-state index in [9.17, 15) is 14.7 Å². The third-order valence-electron chi connectivity index (χ3n) is 5.00. The van der Waals surface area contributed by atoms with E-state index in [1.54, 1.807) is 13.1 Å². The van der Waals surface area contributed by atoms with Crippen molar-refractivity contribution in [3.8, 4) is 10.6 Å². The summed E-state index contributed by atoms with van der Waals surface area (Å²) >= 11 is 1.27. The van der Waals surface area contributed by atoms with E-state index in [4.69, 9.17) is 0 Å². The number of carbonyl (C=O) groups excluding carboxylic acids is 1. The molecule has 0 bridgehead atoms. The number of benzene rings is 2.